The molecule has 1 N–H and O–H groups in total. The fraction of sp³-hybridized carbons (Fsp3) is 0.650. The first kappa shape index (κ1) is 15.2. The highest BCUT2D eigenvalue weighted by Gasteiger charge is 2.36. The molecule has 1 aromatic rings. The molecular formula is C20H28N2O. The minimum absolute atomic E-state index is 0.362. The Kier molecular flexibility index (Phi) is 4.14. The molecule has 1 amide bonds. The summed E-state index contributed by atoms with van der Waals surface area (Å²) < 4.78 is 0. The fourth-order valence-electron chi connectivity index (χ4n) is 4.89. The van der Waals surface area contributed by atoms with E-state index < -0.39 is 0 Å². The van der Waals surface area contributed by atoms with Gasteiger partial charge in [0.15, 0.2) is 0 Å². The van der Waals surface area contributed by atoms with E-state index in [1.807, 2.05) is 7.05 Å². The van der Waals surface area contributed by atoms with Gasteiger partial charge < -0.3 is 10.2 Å². The van der Waals surface area contributed by atoms with Gasteiger partial charge in [0.1, 0.15) is 0 Å². The van der Waals surface area contributed by atoms with Gasteiger partial charge in [-0.15, -0.1) is 0 Å². The Morgan fingerprint density at radius 3 is 2.57 bits per heavy atom. The van der Waals surface area contributed by atoms with Crippen LogP contribution >= 0.6 is 0 Å². The van der Waals surface area contributed by atoms with Gasteiger partial charge in [-0.3, -0.25) is 4.79 Å². The Morgan fingerprint density at radius 2 is 1.83 bits per heavy atom. The van der Waals surface area contributed by atoms with Crippen molar-refractivity contribution in [2.24, 2.45) is 5.92 Å². The number of carbonyl (C=O) groups is 1. The number of piperidine rings is 1. The van der Waals surface area contributed by atoms with Crippen LogP contribution in [0.3, 0.4) is 0 Å². The summed E-state index contributed by atoms with van der Waals surface area (Å²) in [6, 6.07) is 10.5. The van der Waals surface area contributed by atoms with Crippen LogP contribution in [0.15, 0.2) is 24.3 Å². The number of hydrogen-bond donors (Lipinski definition) is 1. The van der Waals surface area contributed by atoms with Crippen molar-refractivity contribution < 1.29 is 4.79 Å². The molecule has 3 aliphatic rings. The van der Waals surface area contributed by atoms with Crippen molar-refractivity contribution in [1.82, 2.24) is 10.2 Å². The number of rotatable bonds is 3. The van der Waals surface area contributed by atoms with E-state index in [2.05, 4.69) is 34.5 Å². The maximum Gasteiger partial charge on any atom is 0.222 e. The summed E-state index contributed by atoms with van der Waals surface area (Å²) in [6.45, 7) is 0. The molecule has 2 bridgehead atoms. The Morgan fingerprint density at radius 1 is 1.13 bits per heavy atom. The number of benzene rings is 1. The molecule has 0 aromatic heterocycles. The lowest BCUT2D eigenvalue weighted by Crippen LogP contribution is -2.49. The molecule has 0 saturated carbocycles. The van der Waals surface area contributed by atoms with Gasteiger partial charge in [0, 0.05) is 31.6 Å². The zero-order valence-corrected chi connectivity index (χ0v) is 14.1. The Bertz CT molecular complexity index is 573. The van der Waals surface area contributed by atoms with Crippen molar-refractivity contribution >= 4 is 5.91 Å². The predicted octanol–water partition coefficient (Wildman–Crippen LogP) is 2.92. The second-order valence-corrected chi connectivity index (χ2v) is 7.85. The third kappa shape index (κ3) is 3.16. The molecule has 0 spiro atoms. The van der Waals surface area contributed by atoms with Crippen LogP contribution in [0.2, 0.25) is 0 Å². The maximum absolute atomic E-state index is 12.8. The van der Waals surface area contributed by atoms with Crippen molar-refractivity contribution in [1.29, 1.82) is 0 Å². The number of carbonyl (C=O) groups excluding carboxylic acids is 1. The molecule has 3 unspecified atom stereocenters. The summed E-state index contributed by atoms with van der Waals surface area (Å²) in [6.07, 6.45) is 8.98. The highest BCUT2D eigenvalue weighted by molar-refractivity contribution is 5.76. The maximum atomic E-state index is 12.8. The third-order valence-corrected chi connectivity index (χ3v) is 6.30. The van der Waals surface area contributed by atoms with E-state index in [4.69, 9.17) is 0 Å². The first-order valence-electron chi connectivity index (χ1n) is 9.27. The lowest BCUT2D eigenvalue weighted by Gasteiger charge is -2.36. The summed E-state index contributed by atoms with van der Waals surface area (Å²) in [7, 11) is 2.04. The molecular weight excluding hydrogens is 284 g/mol. The van der Waals surface area contributed by atoms with Gasteiger partial charge >= 0.3 is 0 Å². The van der Waals surface area contributed by atoms with Crippen LogP contribution in [0.5, 0.6) is 0 Å². The van der Waals surface area contributed by atoms with Crippen molar-refractivity contribution in [3.8, 4) is 0 Å². The standard InChI is InChI=1S/C20H28N2O/c1-22(19-12-17-8-9-18(13-19)21-17)20(23)11-14-6-7-15-4-2-3-5-16(15)10-14/h2-5,14,17-19,21H,6-13H2,1H3. The van der Waals surface area contributed by atoms with Crippen molar-refractivity contribution in [3.63, 3.8) is 0 Å². The van der Waals surface area contributed by atoms with Crippen LogP contribution in [0.25, 0.3) is 0 Å². The van der Waals surface area contributed by atoms with E-state index in [-0.39, 0.29) is 0 Å². The summed E-state index contributed by atoms with van der Waals surface area (Å²) in [5.74, 6) is 0.888. The third-order valence-electron chi connectivity index (χ3n) is 6.30. The second-order valence-electron chi connectivity index (χ2n) is 7.85. The molecule has 2 heterocycles. The summed E-state index contributed by atoms with van der Waals surface area (Å²) >= 11 is 0. The Labute approximate surface area is 139 Å². The average molecular weight is 312 g/mol. The van der Waals surface area contributed by atoms with Crippen LogP contribution in [-0.2, 0) is 17.6 Å². The zero-order chi connectivity index (χ0) is 15.8. The SMILES string of the molecule is CN(C(=O)CC1CCc2ccccc2C1)C1CC2CCC(C1)N2. The Hall–Kier alpha value is -1.35. The minimum atomic E-state index is 0.362. The quantitative estimate of drug-likeness (QED) is 0.931. The first-order valence-corrected chi connectivity index (χ1v) is 9.27. The van der Waals surface area contributed by atoms with Gasteiger partial charge in [0.25, 0.3) is 0 Å². The number of hydrogen-bond acceptors (Lipinski definition) is 2. The van der Waals surface area contributed by atoms with E-state index >= 15 is 0 Å². The first-order chi connectivity index (χ1) is 11.2. The van der Waals surface area contributed by atoms with Gasteiger partial charge in [-0.25, -0.2) is 0 Å². The average Bonchev–Trinajstić information content (AvgIpc) is 2.92. The molecule has 1 aliphatic carbocycles. The number of nitrogens with one attached hydrogen (secondary N) is 1. The smallest absolute Gasteiger partial charge is 0.222 e. The second kappa shape index (κ2) is 6.27. The van der Waals surface area contributed by atoms with Crippen LogP contribution < -0.4 is 5.32 Å². The molecule has 0 radical (unpaired) electrons. The van der Waals surface area contributed by atoms with Crippen molar-refractivity contribution in [2.45, 2.75) is 69.5 Å². The molecule has 1 aromatic carbocycles. The predicted molar refractivity (Wildman–Crippen MR) is 92.3 cm³/mol. The molecule has 2 aliphatic heterocycles. The molecule has 3 atom stereocenters. The van der Waals surface area contributed by atoms with Gasteiger partial charge in [-0.05, 0) is 62.0 Å². The van der Waals surface area contributed by atoms with Crippen LogP contribution in [0, 0.1) is 5.92 Å². The number of amides is 1. The van der Waals surface area contributed by atoms with Crippen molar-refractivity contribution in [3.05, 3.63) is 35.4 Å². The summed E-state index contributed by atoms with van der Waals surface area (Å²) in [5.41, 5.74) is 2.94. The number of fused-ring (bicyclic) bond motifs is 3. The summed E-state index contributed by atoms with van der Waals surface area (Å²) in [5, 5.41) is 3.67. The topological polar surface area (TPSA) is 32.3 Å². The largest absolute Gasteiger partial charge is 0.343 e. The molecule has 2 fully saturated rings. The van der Waals surface area contributed by atoms with E-state index in [0.29, 0.717) is 30.0 Å². The zero-order valence-electron chi connectivity index (χ0n) is 14.1. The van der Waals surface area contributed by atoms with Gasteiger partial charge in [0.2, 0.25) is 5.91 Å². The van der Waals surface area contributed by atoms with Crippen molar-refractivity contribution in [2.75, 3.05) is 7.05 Å². The monoisotopic (exact) mass is 312 g/mol. The number of aryl methyl sites for hydroxylation is 1. The molecule has 3 nitrogen and oxygen atoms in total. The molecule has 2 saturated heterocycles. The lowest BCUT2D eigenvalue weighted by atomic mass is 9.82. The van der Waals surface area contributed by atoms with Gasteiger partial charge in [0.05, 0.1) is 0 Å². The molecule has 23 heavy (non-hydrogen) atoms. The minimum Gasteiger partial charge on any atom is -0.343 e. The highest BCUT2D eigenvalue weighted by Crippen LogP contribution is 2.31. The molecule has 3 heteroatoms. The van der Waals surface area contributed by atoms with E-state index in [1.165, 1.54) is 24.0 Å². The van der Waals surface area contributed by atoms with E-state index in [9.17, 15) is 4.79 Å². The van der Waals surface area contributed by atoms with E-state index in [0.717, 1.165) is 38.5 Å². The number of nitrogens with zero attached hydrogens (tertiary/aromatic N) is 1. The molecule has 4 rings (SSSR count). The van der Waals surface area contributed by atoms with Gasteiger partial charge in [-0.2, -0.15) is 0 Å². The molecule has 124 valence electrons. The van der Waals surface area contributed by atoms with Crippen LogP contribution in [0.4, 0.5) is 0 Å². The van der Waals surface area contributed by atoms with Crippen LogP contribution in [-0.4, -0.2) is 36.0 Å². The fourth-order valence-corrected chi connectivity index (χ4v) is 4.89. The summed E-state index contributed by atoms with van der Waals surface area (Å²) in [4.78, 5) is 14.8. The highest BCUT2D eigenvalue weighted by atomic mass is 16.2. The van der Waals surface area contributed by atoms with Gasteiger partial charge in [-0.1, -0.05) is 24.3 Å². The van der Waals surface area contributed by atoms with Crippen LogP contribution in [0.1, 0.15) is 49.7 Å². The van der Waals surface area contributed by atoms with E-state index in [1.54, 1.807) is 0 Å². The normalized spacial score (nSPS) is 32.4. The lowest BCUT2D eigenvalue weighted by molar-refractivity contribution is -0.133. The Balaban J connectivity index is 1.35.